The van der Waals surface area contributed by atoms with E-state index in [1.807, 2.05) is 6.92 Å². The largest absolute Gasteiger partial charge is 0.449 e. The Morgan fingerprint density at radius 1 is 1.53 bits per heavy atom. The first-order valence-corrected chi connectivity index (χ1v) is 6.17. The highest BCUT2D eigenvalue weighted by molar-refractivity contribution is 5.84. The number of ether oxygens (including phenoxy) is 2. The predicted octanol–water partition coefficient (Wildman–Crippen LogP) is 0.931. The summed E-state index contributed by atoms with van der Waals surface area (Å²) in [6, 6.07) is 0.928. The third kappa shape index (κ3) is 8.80. The van der Waals surface area contributed by atoms with E-state index in [-0.39, 0.29) is 18.9 Å². The molecule has 1 N–H and O–H groups in total. The number of allylic oxidation sites excluding steroid dienone is 1. The number of nitrogens with zero attached hydrogens (tertiary/aromatic N) is 1. The highest BCUT2D eigenvalue weighted by Gasteiger charge is 2.21. The quantitative estimate of drug-likeness (QED) is 0.362. The summed E-state index contributed by atoms with van der Waals surface area (Å²) < 4.78 is 9.84. The minimum absolute atomic E-state index is 0.254. The van der Waals surface area contributed by atoms with Crippen LogP contribution in [0.1, 0.15) is 26.2 Å². The molecule has 6 heteroatoms. The van der Waals surface area contributed by atoms with E-state index in [9.17, 15) is 9.59 Å². The van der Waals surface area contributed by atoms with Gasteiger partial charge in [0.2, 0.25) is 5.91 Å². The number of nitriles is 1. The van der Waals surface area contributed by atoms with Gasteiger partial charge in [-0.05, 0) is 13.3 Å². The Hall–Kier alpha value is -1.87. The third-order valence-corrected chi connectivity index (χ3v) is 2.23. The molecule has 0 saturated carbocycles. The van der Waals surface area contributed by atoms with Crippen molar-refractivity contribution in [3.05, 3.63) is 12.7 Å². The summed E-state index contributed by atoms with van der Waals surface area (Å²) in [4.78, 5) is 23.2. The first-order chi connectivity index (χ1) is 9.15. The highest BCUT2D eigenvalue weighted by atomic mass is 16.5. The summed E-state index contributed by atoms with van der Waals surface area (Å²) in [5, 5.41) is 10.9. The standard InChI is InChI=1S/C13H20N2O4/c1-3-5-6-12(16)15-11(7-9-18-4-2)13(17)19-10-8-14/h3,11H,1,4-7,9-10H2,2H3,(H,15,16)/t11-/m0/s1. The zero-order valence-electron chi connectivity index (χ0n) is 11.2. The molecule has 0 radical (unpaired) electrons. The van der Waals surface area contributed by atoms with Gasteiger partial charge in [-0.2, -0.15) is 5.26 Å². The molecule has 0 aliphatic heterocycles. The zero-order valence-corrected chi connectivity index (χ0v) is 11.2. The summed E-state index contributed by atoms with van der Waals surface area (Å²) in [5.74, 6) is -0.872. The average Bonchev–Trinajstić information content (AvgIpc) is 2.41. The summed E-state index contributed by atoms with van der Waals surface area (Å²) in [6.45, 7) is 5.90. The molecule has 1 amide bonds. The molecule has 106 valence electrons. The normalized spacial score (nSPS) is 11.2. The first kappa shape index (κ1) is 17.1. The van der Waals surface area contributed by atoms with Gasteiger partial charge in [-0.3, -0.25) is 4.79 Å². The SMILES string of the molecule is C=CCCC(=O)N[C@@H](CCOCC)C(=O)OCC#N. The van der Waals surface area contributed by atoms with Crippen LogP contribution in [0.5, 0.6) is 0 Å². The van der Waals surface area contributed by atoms with Gasteiger partial charge >= 0.3 is 5.97 Å². The van der Waals surface area contributed by atoms with Crippen molar-refractivity contribution in [3.8, 4) is 6.07 Å². The van der Waals surface area contributed by atoms with Gasteiger partial charge in [0.1, 0.15) is 12.1 Å². The monoisotopic (exact) mass is 268 g/mol. The molecule has 1 atom stereocenters. The summed E-state index contributed by atoms with van der Waals surface area (Å²) in [7, 11) is 0. The van der Waals surface area contributed by atoms with Crippen LogP contribution < -0.4 is 5.32 Å². The van der Waals surface area contributed by atoms with Crippen LogP contribution >= 0.6 is 0 Å². The van der Waals surface area contributed by atoms with Crippen molar-refractivity contribution < 1.29 is 19.1 Å². The van der Waals surface area contributed by atoms with Gasteiger partial charge in [0.05, 0.1) is 0 Å². The van der Waals surface area contributed by atoms with Crippen LogP contribution in [-0.4, -0.2) is 37.7 Å². The van der Waals surface area contributed by atoms with Gasteiger partial charge in [-0.25, -0.2) is 4.79 Å². The second-order valence-corrected chi connectivity index (χ2v) is 3.70. The molecule has 0 aromatic carbocycles. The van der Waals surface area contributed by atoms with Crippen molar-refractivity contribution in [2.45, 2.75) is 32.2 Å². The van der Waals surface area contributed by atoms with E-state index in [0.717, 1.165) is 0 Å². The number of hydrogen-bond donors (Lipinski definition) is 1. The van der Waals surface area contributed by atoms with Crippen molar-refractivity contribution in [2.24, 2.45) is 0 Å². The minimum atomic E-state index is -0.780. The maximum Gasteiger partial charge on any atom is 0.329 e. The van der Waals surface area contributed by atoms with Crippen molar-refractivity contribution in [1.82, 2.24) is 5.32 Å². The fourth-order valence-electron chi connectivity index (χ4n) is 1.30. The van der Waals surface area contributed by atoms with Gasteiger partial charge in [0.25, 0.3) is 0 Å². The molecular weight excluding hydrogens is 248 g/mol. The van der Waals surface area contributed by atoms with Crippen molar-refractivity contribution >= 4 is 11.9 Å². The molecular formula is C13H20N2O4. The van der Waals surface area contributed by atoms with Crippen LogP contribution in [0.2, 0.25) is 0 Å². The van der Waals surface area contributed by atoms with Crippen LogP contribution in [-0.2, 0) is 19.1 Å². The lowest BCUT2D eigenvalue weighted by Crippen LogP contribution is -2.42. The second kappa shape index (κ2) is 11.2. The number of rotatable bonds is 10. The number of nitrogens with one attached hydrogen (secondary N) is 1. The van der Waals surface area contributed by atoms with Gasteiger partial charge in [-0.15, -0.1) is 6.58 Å². The van der Waals surface area contributed by atoms with Gasteiger partial charge in [0, 0.05) is 26.1 Å². The Kier molecular flexibility index (Phi) is 10.1. The molecule has 0 bridgehead atoms. The average molecular weight is 268 g/mol. The molecule has 0 saturated heterocycles. The third-order valence-electron chi connectivity index (χ3n) is 2.23. The minimum Gasteiger partial charge on any atom is -0.449 e. The van der Waals surface area contributed by atoms with E-state index in [1.165, 1.54) is 0 Å². The van der Waals surface area contributed by atoms with E-state index in [2.05, 4.69) is 11.9 Å². The molecule has 0 aliphatic rings. The molecule has 0 aromatic heterocycles. The highest BCUT2D eigenvalue weighted by Crippen LogP contribution is 1.99. The molecule has 0 aromatic rings. The Morgan fingerprint density at radius 3 is 2.84 bits per heavy atom. The van der Waals surface area contributed by atoms with Crippen LogP contribution in [0.25, 0.3) is 0 Å². The fourth-order valence-corrected chi connectivity index (χ4v) is 1.30. The zero-order chi connectivity index (χ0) is 14.5. The summed E-state index contributed by atoms with van der Waals surface area (Å²) in [6.07, 6.45) is 2.75. The molecule has 6 nitrogen and oxygen atoms in total. The van der Waals surface area contributed by atoms with Crippen molar-refractivity contribution in [2.75, 3.05) is 19.8 Å². The first-order valence-electron chi connectivity index (χ1n) is 6.17. The maximum atomic E-state index is 11.6. The Labute approximate surface area is 113 Å². The van der Waals surface area contributed by atoms with E-state index in [4.69, 9.17) is 14.7 Å². The fraction of sp³-hybridized carbons (Fsp3) is 0.615. The number of amides is 1. The van der Waals surface area contributed by atoms with E-state index in [1.54, 1.807) is 12.1 Å². The van der Waals surface area contributed by atoms with Crippen LogP contribution in [0, 0.1) is 11.3 Å². The number of carbonyl (C=O) groups excluding carboxylic acids is 2. The second-order valence-electron chi connectivity index (χ2n) is 3.70. The number of hydrogen-bond acceptors (Lipinski definition) is 5. The predicted molar refractivity (Wildman–Crippen MR) is 69.0 cm³/mol. The molecule has 0 aliphatic carbocycles. The van der Waals surface area contributed by atoms with Gasteiger partial charge in [-0.1, -0.05) is 6.08 Å². The van der Waals surface area contributed by atoms with E-state index < -0.39 is 12.0 Å². The summed E-state index contributed by atoms with van der Waals surface area (Å²) >= 11 is 0. The van der Waals surface area contributed by atoms with Gasteiger partial charge < -0.3 is 14.8 Å². The van der Waals surface area contributed by atoms with Crippen LogP contribution in [0.4, 0.5) is 0 Å². The molecule has 0 heterocycles. The maximum absolute atomic E-state index is 11.6. The van der Waals surface area contributed by atoms with Crippen LogP contribution in [0.3, 0.4) is 0 Å². The topological polar surface area (TPSA) is 88.4 Å². The van der Waals surface area contributed by atoms with E-state index >= 15 is 0 Å². The Bertz CT molecular complexity index is 336. The van der Waals surface area contributed by atoms with Crippen LogP contribution in [0.15, 0.2) is 12.7 Å². The molecule has 0 rings (SSSR count). The lowest BCUT2D eigenvalue weighted by atomic mass is 10.2. The lowest BCUT2D eigenvalue weighted by Gasteiger charge is -2.16. The van der Waals surface area contributed by atoms with Gasteiger partial charge in [0.15, 0.2) is 6.61 Å². The molecule has 0 spiro atoms. The van der Waals surface area contributed by atoms with Crippen molar-refractivity contribution in [1.29, 1.82) is 5.26 Å². The van der Waals surface area contributed by atoms with E-state index in [0.29, 0.717) is 26.1 Å². The smallest absolute Gasteiger partial charge is 0.329 e. The molecule has 0 unspecified atom stereocenters. The molecule has 0 fully saturated rings. The number of carbonyl (C=O) groups is 2. The Balaban J connectivity index is 4.31. The lowest BCUT2D eigenvalue weighted by molar-refractivity contribution is -0.147. The molecule has 19 heavy (non-hydrogen) atoms. The Morgan fingerprint density at radius 2 is 2.26 bits per heavy atom. The number of esters is 1. The summed E-state index contributed by atoms with van der Waals surface area (Å²) in [5.41, 5.74) is 0. The van der Waals surface area contributed by atoms with Crippen molar-refractivity contribution in [3.63, 3.8) is 0 Å².